The highest BCUT2D eigenvalue weighted by molar-refractivity contribution is 7.10. The smallest absolute Gasteiger partial charge is 0.0952 e. The number of azide groups is 1. The highest BCUT2D eigenvalue weighted by Crippen LogP contribution is 2.27. The second-order valence-electron chi connectivity index (χ2n) is 2.57. The lowest BCUT2D eigenvalue weighted by molar-refractivity contribution is 0.269. The Hall–Kier alpha value is -1.03. The van der Waals surface area contributed by atoms with Gasteiger partial charge in [-0.25, -0.2) is 0 Å². The van der Waals surface area contributed by atoms with E-state index in [0.29, 0.717) is 0 Å². The second-order valence-corrected chi connectivity index (χ2v) is 3.51. The molecule has 0 saturated heterocycles. The van der Waals surface area contributed by atoms with Crippen molar-refractivity contribution in [2.75, 3.05) is 6.61 Å². The highest BCUT2D eigenvalue weighted by Gasteiger charge is 2.12. The van der Waals surface area contributed by atoms with E-state index in [1.54, 1.807) is 0 Å². The van der Waals surface area contributed by atoms with Gasteiger partial charge in [-0.05, 0) is 29.0 Å². The molecule has 0 bridgehead atoms. The van der Waals surface area contributed by atoms with Crippen LogP contribution in [0.15, 0.2) is 16.6 Å². The summed E-state index contributed by atoms with van der Waals surface area (Å²) >= 11 is 1.52. The molecule has 0 spiro atoms. The molecule has 70 valence electrons. The monoisotopic (exact) mass is 197 g/mol. The molecule has 1 heterocycles. The Morgan fingerprint density at radius 3 is 3.08 bits per heavy atom. The number of aliphatic hydroxyl groups is 1. The number of rotatable bonds is 4. The third-order valence-electron chi connectivity index (χ3n) is 1.83. The quantitative estimate of drug-likeness (QED) is 0.450. The molecule has 13 heavy (non-hydrogen) atoms. The van der Waals surface area contributed by atoms with E-state index in [1.807, 2.05) is 18.4 Å². The number of aliphatic hydroxyl groups excluding tert-OH is 1. The predicted molar refractivity (Wildman–Crippen MR) is 52.7 cm³/mol. The zero-order valence-corrected chi connectivity index (χ0v) is 8.16. The maximum absolute atomic E-state index is 8.99. The van der Waals surface area contributed by atoms with Crippen LogP contribution in [0.3, 0.4) is 0 Å². The van der Waals surface area contributed by atoms with Crippen LogP contribution in [-0.2, 0) is 6.42 Å². The minimum atomic E-state index is -0.417. The Morgan fingerprint density at radius 2 is 2.54 bits per heavy atom. The van der Waals surface area contributed by atoms with Crippen LogP contribution in [0.4, 0.5) is 0 Å². The minimum absolute atomic E-state index is 0.127. The van der Waals surface area contributed by atoms with Crippen molar-refractivity contribution in [2.45, 2.75) is 19.4 Å². The average molecular weight is 197 g/mol. The number of nitrogens with zero attached hydrogens (tertiary/aromatic N) is 3. The summed E-state index contributed by atoms with van der Waals surface area (Å²) in [5.74, 6) is 0. The molecule has 0 aromatic carbocycles. The first-order valence-electron chi connectivity index (χ1n) is 4.04. The predicted octanol–water partition coefficient (Wildman–Crippen LogP) is 2.65. The van der Waals surface area contributed by atoms with Crippen molar-refractivity contribution in [1.82, 2.24) is 0 Å². The molecule has 1 N–H and O–H groups in total. The molecule has 5 heteroatoms. The van der Waals surface area contributed by atoms with E-state index < -0.39 is 6.04 Å². The van der Waals surface area contributed by atoms with Crippen molar-refractivity contribution in [3.05, 3.63) is 32.3 Å². The van der Waals surface area contributed by atoms with Gasteiger partial charge in [0.1, 0.15) is 0 Å². The average Bonchev–Trinajstić information content (AvgIpc) is 2.61. The van der Waals surface area contributed by atoms with Gasteiger partial charge in [0.15, 0.2) is 0 Å². The SMILES string of the molecule is CCc1ccsc1C(CO)N=[N+]=[N-]. The van der Waals surface area contributed by atoms with Crippen molar-refractivity contribution < 1.29 is 5.11 Å². The van der Waals surface area contributed by atoms with Crippen molar-refractivity contribution >= 4 is 11.3 Å². The third kappa shape index (κ3) is 2.21. The van der Waals surface area contributed by atoms with Gasteiger partial charge in [0.25, 0.3) is 0 Å². The highest BCUT2D eigenvalue weighted by atomic mass is 32.1. The van der Waals surface area contributed by atoms with Gasteiger partial charge in [-0.15, -0.1) is 11.3 Å². The number of hydrogen-bond acceptors (Lipinski definition) is 3. The van der Waals surface area contributed by atoms with Gasteiger partial charge in [-0.1, -0.05) is 12.0 Å². The summed E-state index contributed by atoms with van der Waals surface area (Å²) in [4.78, 5) is 3.68. The van der Waals surface area contributed by atoms with Crippen LogP contribution in [0.2, 0.25) is 0 Å². The van der Waals surface area contributed by atoms with Crippen LogP contribution in [0.1, 0.15) is 23.4 Å². The van der Waals surface area contributed by atoms with E-state index in [4.69, 9.17) is 10.6 Å². The topological polar surface area (TPSA) is 69.0 Å². The summed E-state index contributed by atoms with van der Waals surface area (Å²) in [6.45, 7) is 1.91. The van der Waals surface area contributed by atoms with Gasteiger partial charge in [-0.3, -0.25) is 0 Å². The van der Waals surface area contributed by atoms with Crippen molar-refractivity contribution in [3.63, 3.8) is 0 Å². The number of hydrogen-bond donors (Lipinski definition) is 1. The molecule has 0 aliphatic heterocycles. The first kappa shape index (κ1) is 10.1. The van der Waals surface area contributed by atoms with Crippen molar-refractivity contribution in [2.24, 2.45) is 5.11 Å². The molecular weight excluding hydrogens is 186 g/mol. The van der Waals surface area contributed by atoms with Crippen LogP contribution >= 0.6 is 11.3 Å². The van der Waals surface area contributed by atoms with Crippen LogP contribution < -0.4 is 0 Å². The minimum Gasteiger partial charge on any atom is -0.396 e. The summed E-state index contributed by atoms with van der Waals surface area (Å²) in [7, 11) is 0. The normalized spacial score (nSPS) is 12.2. The van der Waals surface area contributed by atoms with E-state index in [1.165, 1.54) is 11.3 Å². The maximum atomic E-state index is 8.99. The zero-order chi connectivity index (χ0) is 9.68. The largest absolute Gasteiger partial charge is 0.396 e. The summed E-state index contributed by atoms with van der Waals surface area (Å²) in [6.07, 6.45) is 0.899. The molecule has 1 aromatic heterocycles. The Bertz CT molecular complexity index is 317. The molecule has 0 amide bonds. The molecule has 0 fully saturated rings. The first-order valence-corrected chi connectivity index (χ1v) is 4.92. The zero-order valence-electron chi connectivity index (χ0n) is 7.34. The van der Waals surface area contributed by atoms with E-state index >= 15 is 0 Å². The Labute approximate surface area is 80.5 Å². The van der Waals surface area contributed by atoms with Crippen LogP contribution in [-0.4, -0.2) is 11.7 Å². The van der Waals surface area contributed by atoms with Gasteiger partial charge in [0.05, 0.1) is 12.6 Å². The lowest BCUT2D eigenvalue weighted by Gasteiger charge is -2.06. The summed E-state index contributed by atoms with van der Waals surface area (Å²) < 4.78 is 0. The summed E-state index contributed by atoms with van der Waals surface area (Å²) in [6, 6.07) is 1.58. The third-order valence-corrected chi connectivity index (χ3v) is 2.89. The van der Waals surface area contributed by atoms with Gasteiger partial charge >= 0.3 is 0 Å². The van der Waals surface area contributed by atoms with Gasteiger partial charge in [0, 0.05) is 9.79 Å². The van der Waals surface area contributed by atoms with E-state index in [-0.39, 0.29) is 6.61 Å². The Balaban J connectivity index is 2.96. The standard InChI is InChI=1S/C8H11N3OS/c1-2-6-3-4-13-8(6)7(5-12)10-11-9/h3-4,7,12H,2,5H2,1H3. The first-order chi connectivity index (χ1) is 6.33. The second kappa shape index (κ2) is 4.87. The molecule has 1 aromatic rings. The summed E-state index contributed by atoms with van der Waals surface area (Å²) in [5, 5.41) is 14.5. The fourth-order valence-corrected chi connectivity index (χ4v) is 2.19. The molecule has 0 saturated carbocycles. The number of thiophene rings is 1. The van der Waals surface area contributed by atoms with Crippen molar-refractivity contribution in [3.8, 4) is 0 Å². The lowest BCUT2D eigenvalue weighted by atomic mass is 10.1. The van der Waals surface area contributed by atoms with E-state index in [9.17, 15) is 0 Å². The van der Waals surface area contributed by atoms with Crippen LogP contribution in [0.25, 0.3) is 10.4 Å². The van der Waals surface area contributed by atoms with Gasteiger partial charge in [-0.2, -0.15) is 0 Å². The van der Waals surface area contributed by atoms with E-state index in [0.717, 1.165) is 16.9 Å². The van der Waals surface area contributed by atoms with Crippen LogP contribution in [0, 0.1) is 0 Å². The van der Waals surface area contributed by atoms with Crippen molar-refractivity contribution in [1.29, 1.82) is 0 Å². The number of aryl methyl sites for hydroxylation is 1. The Kier molecular flexibility index (Phi) is 3.76. The molecule has 1 atom stereocenters. The van der Waals surface area contributed by atoms with Gasteiger partial charge in [0.2, 0.25) is 0 Å². The molecule has 4 nitrogen and oxygen atoms in total. The van der Waals surface area contributed by atoms with Gasteiger partial charge < -0.3 is 5.11 Å². The molecule has 0 aliphatic carbocycles. The fraction of sp³-hybridized carbons (Fsp3) is 0.500. The molecule has 1 unspecified atom stereocenters. The molecule has 1 rings (SSSR count). The maximum Gasteiger partial charge on any atom is 0.0952 e. The molecule has 0 radical (unpaired) electrons. The molecule has 0 aliphatic rings. The summed E-state index contributed by atoms with van der Waals surface area (Å²) in [5.41, 5.74) is 9.43. The Morgan fingerprint density at radius 1 is 1.77 bits per heavy atom. The molecular formula is C8H11N3OS. The lowest BCUT2D eigenvalue weighted by Crippen LogP contribution is -2.00. The fourth-order valence-electron chi connectivity index (χ4n) is 1.17. The van der Waals surface area contributed by atoms with E-state index in [2.05, 4.69) is 10.0 Å². The van der Waals surface area contributed by atoms with Crippen LogP contribution in [0.5, 0.6) is 0 Å².